The lowest BCUT2D eigenvalue weighted by Crippen LogP contribution is -2.46. The summed E-state index contributed by atoms with van der Waals surface area (Å²) in [5.41, 5.74) is 10.3. The van der Waals surface area contributed by atoms with E-state index in [0.717, 1.165) is 0 Å². The molecular formula is C8H17N3O6. The number of nitrogens with two attached hydrogens (primary N) is 2. The molecule has 2 amide bonds. The Hall–Kier alpha value is -1.26. The van der Waals surface area contributed by atoms with E-state index in [1.54, 1.807) is 0 Å². The molecule has 0 heterocycles. The average Bonchev–Trinajstić information content (AvgIpc) is 2.27. The highest BCUT2D eigenvalue weighted by Gasteiger charge is 2.24. The van der Waals surface area contributed by atoms with Crippen LogP contribution in [0.3, 0.4) is 0 Å². The molecule has 0 radical (unpaired) electrons. The minimum Gasteiger partial charge on any atom is -0.394 e. The second kappa shape index (κ2) is 8.84. The van der Waals surface area contributed by atoms with Crippen molar-refractivity contribution in [1.82, 2.24) is 5.23 Å². The molecule has 0 aromatic carbocycles. The van der Waals surface area contributed by atoms with Gasteiger partial charge in [0.15, 0.2) is 0 Å². The Morgan fingerprint density at radius 2 is 1.65 bits per heavy atom. The van der Waals surface area contributed by atoms with Gasteiger partial charge in [-0.05, 0) is 0 Å². The number of rotatable bonds is 9. The second-order valence-corrected chi connectivity index (χ2v) is 2.99. The largest absolute Gasteiger partial charge is 0.394 e. The van der Waals surface area contributed by atoms with Crippen LogP contribution in [0.2, 0.25) is 0 Å². The Labute approximate surface area is 97.8 Å². The minimum atomic E-state index is -1.20. The van der Waals surface area contributed by atoms with Gasteiger partial charge in [-0.3, -0.25) is 9.59 Å². The van der Waals surface area contributed by atoms with Crippen LogP contribution in [-0.4, -0.2) is 59.7 Å². The molecule has 1 unspecified atom stereocenters. The van der Waals surface area contributed by atoms with E-state index in [-0.39, 0.29) is 32.8 Å². The minimum absolute atomic E-state index is 0.194. The van der Waals surface area contributed by atoms with E-state index in [9.17, 15) is 9.59 Å². The molecule has 0 rings (SSSR count). The predicted octanol–water partition coefficient (Wildman–Crippen LogP) is -3.13. The summed E-state index contributed by atoms with van der Waals surface area (Å²) in [6.45, 7) is -1.06. The standard InChI is InChI=1S/C8H17N3O6/c9-6(5-7(10)14)8(15)11(16-3-1-12)17-4-2-13/h6,12-13H,1-5,9H2,(H2,10,14). The first-order valence-corrected chi connectivity index (χ1v) is 4.88. The quantitative estimate of drug-likeness (QED) is 0.316. The summed E-state index contributed by atoms with van der Waals surface area (Å²) in [5, 5.41) is 17.5. The maximum Gasteiger partial charge on any atom is 0.290 e. The van der Waals surface area contributed by atoms with Gasteiger partial charge in [0.1, 0.15) is 13.2 Å². The summed E-state index contributed by atoms with van der Waals surface area (Å²) < 4.78 is 0. The molecule has 6 N–H and O–H groups in total. The van der Waals surface area contributed by atoms with Crippen molar-refractivity contribution in [3.05, 3.63) is 0 Å². The molecule has 0 aromatic rings. The van der Waals surface area contributed by atoms with E-state index in [2.05, 4.69) is 0 Å². The van der Waals surface area contributed by atoms with E-state index in [4.69, 9.17) is 31.4 Å². The number of aliphatic hydroxyl groups is 2. The first-order chi connectivity index (χ1) is 8.02. The summed E-state index contributed by atoms with van der Waals surface area (Å²) >= 11 is 0. The van der Waals surface area contributed by atoms with Crippen molar-refractivity contribution in [2.75, 3.05) is 26.4 Å². The van der Waals surface area contributed by atoms with E-state index < -0.39 is 17.9 Å². The molecule has 0 saturated heterocycles. The van der Waals surface area contributed by atoms with Crippen molar-refractivity contribution in [1.29, 1.82) is 0 Å². The molecule has 0 saturated carbocycles. The zero-order valence-electron chi connectivity index (χ0n) is 9.24. The number of aliphatic hydroxyl groups excluding tert-OH is 2. The summed E-state index contributed by atoms with van der Waals surface area (Å²) in [4.78, 5) is 31.6. The molecule has 0 bridgehead atoms. The van der Waals surface area contributed by atoms with Gasteiger partial charge in [0.25, 0.3) is 5.91 Å². The monoisotopic (exact) mass is 251 g/mol. The smallest absolute Gasteiger partial charge is 0.290 e. The Morgan fingerprint density at radius 3 is 2.00 bits per heavy atom. The molecule has 9 nitrogen and oxygen atoms in total. The number of primary amides is 1. The van der Waals surface area contributed by atoms with Crippen molar-refractivity contribution in [3.8, 4) is 0 Å². The Kier molecular flexibility index (Phi) is 8.19. The van der Waals surface area contributed by atoms with Crippen molar-refractivity contribution in [3.63, 3.8) is 0 Å². The fourth-order valence-corrected chi connectivity index (χ4v) is 0.851. The number of carbonyl (C=O) groups is 2. The summed E-state index contributed by atoms with van der Waals surface area (Å²) in [6, 6.07) is -1.20. The van der Waals surface area contributed by atoms with Crippen molar-refractivity contribution in [2.24, 2.45) is 11.5 Å². The lowest BCUT2D eigenvalue weighted by Gasteiger charge is -2.22. The van der Waals surface area contributed by atoms with Crippen LogP contribution in [0.1, 0.15) is 6.42 Å². The maximum absolute atomic E-state index is 11.6. The van der Waals surface area contributed by atoms with Gasteiger partial charge in [-0.25, -0.2) is 9.68 Å². The fourth-order valence-electron chi connectivity index (χ4n) is 0.851. The predicted molar refractivity (Wildman–Crippen MR) is 54.7 cm³/mol. The normalized spacial score (nSPS) is 12.2. The molecule has 0 aliphatic carbocycles. The van der Waals surface area contributed by atoms with Gasteiger partial charge in [-0.15, -0.1) is 0 Å². The van der Waals surface area contributed by atoms with Crippen LogP contribution in [0.5, 0.6) is 0 Å². The van der Waals surface area contributed by atoms with Crippen LogP contribution in [0, 0.1) is 0 Å². The topological polar surface area (TPSA) is 148 Å². The van der Waals surface area contributed by atoms with Gasteiger partial charge in [0.2, 0.25) is 5.91 Å². The first kappa shape index (κ1) is 15.7. The first-order valence-electron chi connectivity index (χ1n) is 4.88. The van der Waals surface area contributed by atoms with Crippen LogP contribution < -0.4 is 11.5 Å². The molecule has 0 aromatic heterocycles. The van der Waals surface area contributed by atoms with Crippen LogP contribution in [0.4, 0.5) is 0 Å². The number of hydroxylamine groups is 2. The molecule has 0 aliphatic heterocycles. The van der Waals surface area contributed by atoms with Gasteiger partial charge in [0, 0.05) is 0 Å². The molecule has 0 spiro atoms. The molecule has 1 atom stereocenters. The zero-order valence-corrected chi connectivity index (χ0v) is 9.24. The maximum atomic E-state index is 11.6. The van der Waals surface area contributed by atoms with Crippen LogP contribution >= 0.6 is 0 Å². The zero-order chi connectivity index (χ0) is 13.3. The van der Waals surface area contributed by atoms with Crippen LogP contribution in [0.25, 0.3) is 0 Å². The van der Waals surface area contributed by atoms with E-state index in [1.807, 2.05) is 0 Å². The average molecular weight is 251 g/mol. The number of amides is 2. The lowest BCUT2D eigenvalue weighted by atomic mass is 10.2. The van der Waals surface area contributed by atoms with Crippen molar-refractivity contribution < 1.29 is 29.5 Å². The summed E-state index contributed by atoms with van der Waals surface area (Å²) in [6.07, 6.45) is -0.361. The van der Waals surface area contributed by atoms with Gasteiger partial charge < -0.3 is 21.7 Å². The third-order valence-electron chi connectivity index (χ3n) is 1.52. The SMILES string of the molecule is NC(=O)CC(N)C(=O)N(OCCO)OCCO. The van der Waals surface area contributed by atoms with Gasteiger partial charge in [-0.2, -0.15) is 0 Å². The number of carbonyl (C=O) groups excluding carboxylic acids is 2. The fraction of sp³-hybridized carbons (Fsp3) is 0.750. The molecule has 17 heavy (non-hydrogen) atoms. The Balaban J connectivity index is 4.32. The number of nitrogens with zero attached hydrogens (tertiary/aromatic N) is 1. The molecular weight excluding hydrogens is 234 g/mol. The molecule has 100 valence electrons. The highest BCUT2D eigenvalue weighted by Crippen LogP contribution is 2.00. The third-order valence-corrected chi connectivity index (χ3v) is 1.52. The van der Waals surface area contributed by atoms with Crippen molar-refractivity contribution in [2.45, 2.75) is 12.5 Å². The van der Waals surface area contributed by atoms with E-state index >= 15 is 0 Å². The van der Waals surface area contributed by atoms with Gasteiger partial charge >= 0.3 is 0 Å². The van der Waals surface area contributed by atoms with Gasteiger partial charge in [0.05, 0.1) is 25.7 Å². The summed E-state index contributed by atoms with van der Waals surface area (Å²) in [7, 11) is 0. The number of hydrogen-bond donors (Lipinski definition) is 4. The van der Waals surface area contributed by atoms with E-state index in [1.165, 1.54) is 0 Å². The highest BCUT2D eigenvalue weighted by atomic mass is 17.0. The lowest BCUT2D eigenvalue weighted by molar-refractivity contribution is -0.345. The van der Waals surface area contributed by atoms with Crippen molar-refractivity contribution >= 4 is 11.8 Å². The van der Waals surface area contributed by atoms with Crippen LogP contribution in [0.15, 0.2) is 0 Å². The number of hydrogen-bond acceptors (Lipinski definition) is 7. The third kappa shape index (κ3) is 6.81. The van der Waals surface area contributed by atoms with Gasteiger partial charge in [-0.1, -0.05) is 5.23 Å². The highest BCUT2D eigenvalue weighted by molar-refractivity contribution is 5.86. The van der Waals surface area contributed by atoms with E-state index in [0.29, 0.717) is 5.23 Å². The van der Waals surface area contributed by atoms with Crippen LogP contribution in [-0.2, 0) is 19.3 Å². The second-order valence-electron chi connectivity index (χ2n) is 2.99. The molecule has 9 heteroatoms. The Morgan fingerprint density at radius 1 is 1.18 bits per heavy atom. The summed E-state index contributed by atoms with van der Waals surface area (Å²) in [5.74, 6) is -1.57. The molecule has 0 fully saturated rings. The molecule has 0 aliphatic rings. The Bertz CT molecular complexity index is 241.